The number of halogens is 4. The first kappa shape index (κ1) is 12.4. The van der Waals surface area contributed by atoms with Crippen LogP contribution < -0.4 is 5.73 Å². The highest BCUT2D eigenvalue weighted by molar-refractivity contribution is 7.10. The topological polar surface area (TPSA) is 26.0 Å². The second kappa shape index (κ2) is 4.68. The first-order valence-corrected chi connectivity index (χ1v) is 5.89. The van der Waals surface area contributed by atoms with Crippen molar-refractivity contribution < 1.29 is 13.2 Å². The van der Waals surface area contributed by atoms with Crippen molar-refractivity contribution in [3.05, 3.63) is 56.5 Å². The fourth-order valence-corrected chi connectivity index (χ4v) is 2.69. The molecule has 2 rings (SSSR count). The molecule has 6 heteroatoms. The Bertz CT molecular complexity index is 532. The zero-order valence-corrected chi connectivity index (χ0v) is 9.96. The van der Waals surface area contributed by atoms with Crippen LogP contribution in [0.3, 0.4) is 0 Å². The van der Waals surface area contributed by atoms with Crippen molar-refractivity contribution in [2.24, 2.45) is 5.73 Å². The highest BCUT2D eigenvalue weighted by Crippen LogP contribution is 2.33. The van der Waals surface area contributed by atoms with Crippen LogP contribution in [-0.4, -0.2) is 0 Å². The molecule has 1 nitrogen and oxygen atoms in total. The lowest BCUT2D eigenvalue weighted by atomic mass is 10.0. The normalized spacial score (nSPS) is 12.8. The maximum absolute atomic E-state index is 13.5. The van der Waals surface area contributed by atoms with Crippen LogP contribution in [-0.2, 0) is 0 Å². The third-order valence-electron chi connectivity index (χ3n) is 2.28. The van der Waals surface area contributed by atoms with Crippen LogP contribution in [0.2, 0.25) is 5.02 Å². The van der Waals surface area contributed by atoms with Crippen LogP contribution in [0.4, 0.5) is 13.2 Å². The Hall–Kier alpha value is -1.04. The fourth-order valence-electron chi connectivity index (χ4n) is 1.51. The van der Waals surface area contributed by atoms with Crippen molar-refractivity contribution in [2.45, 2.75) is 6.04 Å². The zero-order valence-electron chi connectivity index (χ0n) is 8.38. The Labute approximate surface area is 105 Å². The van der Waals surface area contributed by atoms with Gasteiger partial charge in [0.1, 0.15) is 17.5 Å². The van der Waals surface area contributed by atoms with Gasteiger partial charge in [-0.2, -0.15) is 0 Å². The van der Waals surface area contributed by atoms with E-state index in [-0.39, 0.29) is 5.56 Å². The van der Waals surface area contributed by atoms with Gasteiger partial charge >= 0.3 is 0 Å². The molecule has 17 heavy (non-hydrogen) atoms. The molecule has 0 amide bonds. The molecule has 0 aliphatic carbocycles. The van der Waals surface area contributed by atoms with E-state index in [4.69, 9.17) is 17.3 Å². The monoisotopic (exact) mass is 277 g/mol. The molecule has 1 unspecified atom stereocenters. The van der Waals surface area contributed by atoms with Gasteiger partial charge in [-0.1, -0.05) is 11.6 Å². The molecular weight excluding hydrogens is 271 g/mol. The molecule has 90 valence electrons. The summed E-state index contributed by atoms with van der Waals surface area (Å²) in [6, 6.07) is 1.74. The first-order valence-electron chi connectivity index (χ1n) is 4.63. The molecule has 0 saturated heterocycles. The van der Waals surface area contributed by atoms with Gasteiger partial charge in [-0.25, -0.2) is 13.2 Å². The molecule has 0 spiro atoms. The molecule has 0 fully saturated rings. The third kappa shape index (κ3) is 2.31. The van der Waals surface area contributed by atoms with Gasteiger partial charge in [0.05, 0.1) is 11.1 Å². The summed E-state index contributed by atoms with van der Waals surface area (Å²) in [6.45, 7) is 0. The first-order chi connectivity index (χ1) is 8.00. The van der Waals surface area contributed by atoms with Gasteiger partial charge in [-0.05, 0) is 11.4 Å². The van der Waals surface area contributed by atoms with Gasteiger partial charge in [-0.3, -0.25) is 0 Å². The van der Waals surface area contributed by atoms with Crippen molar-refractivity contribution in [2.75, 3.05) is 0 Å². The second-order valence-corrected chi connectivity index (χ2v) is 4.75. The summed E-state index contributed by atoms with van der Waals surface area (Å²) >= 11 is 7.02. The smallest absolute Gasteiger partial charge is 0.134 e. The van der Waals surface area contributed by atoms with Crippen LogP contribution in [0, 0.1) is 17.5 Å². The average molecular weight is 278 g/mol. The lowest BCUT2D eigenvalue weighted by Gasteiger charge is -2.13. The summed E-state index contributed by atoms with van der Waals surface area (Å²) in [4.78, 5) is 0.441. The van der Waals surface area contributed by atoms with Crippen LogP contribution in [0.25, 0.3) is 0 Å². The van der Waals surface area contributed by atoms with Crippen molar-refractivity contribution in [1.82, 2.24) is 0 Å². The molecule has 1 aromatic heterocycles. The van der Waals surface area contributed by atoms with Crippen LogP contribution in [0.5, 0.6) is 0 Å². The summed E-state index contributed by atoms with van der Waals surface area (Å²) in [5, 5.41) is 2.00. The minimum Gasteiger partial charge on any atom is -0.319 e. The van der Waals surface area contributed by atoms with E-state index in [2.05, 4.69) is 0 Å². The lowest BCUT2D eigenvalue weighted by Crippen LogP contribution is -2.15. The number of benzene rings is 1. The standard InChI is InChI=1S/C11H7ClF3NS/c12-6-1-2-17-11(6)10(16)9-7(14)3-5(13)4-8(9)15/h1-4,10H,16H2. The Morgan fingerprint density at radius 3 is 2.24 bits per heavy atom. The highest BCUT2D eigenvalue weighted by Gasteiger charge is 2.22. The van der Waals surface area contributed by atoms with E-state index in [0.29, 0.717) is 22.0 Å². The molecule has 2 aromatic rings. The van der Waals surface area contributed by atoms with Crippen LogP contribution in [0.1, 0.15) is 16.5 Å². The zero-order chi connectivity index (χ0) is 12.6. The largest absolute Gasteiger partial charge is 0.319 e. The van der Waals surface area contributed by atoms with Gasteiger partial charge in [-0.15, -0.1) is 11.3 Å². The number of thiophene rings is 1. The quantitative estimate of drug-likeness (QED) is 0.886. The van der Waals surface area contributed by atoms with E-state index in [1.54, 1.807) is 11.4 Å². The van der Waals surface area contributed by atoms with E-state index < -0.39 is 23.5 Å². The van der Waals surface area contributed by atoms with Gasteiger partial charge in [0.15, 0.2) is 0 Å². The molecular formula is C11H7ClF3NS. The summed E-state index contributed by atoms with van der Waals surface area (Å²) in [5.41, 5.74) is 5.36. The maximum Gasteiger partial charge on any atom is 0.134 e. The second-order valence-electron chi connectivity index (χ2n) is 3.39. The Balaban J connectivity index is 2.51. The van der Waals surface area contributed by atoms with E-state index in [1.165, 1.54) is 11.3 Å². The van der Waals surface area contributed by atoms with E-state index in [9.17, 15) is 13.2 Å². The molecule has 0 bridgehead atoms. The minimum atomic E-state index is -1.04. The summed E-state index contributed by atoms with van der Waals surface area (Å²) in [6.07, 6.45) is 0. The van der Waals surface area contributed by atoms with Crippen LogP contribution in [0.15, 0.2) is 23.6 Å². The van der Waals surface area contributed by atoms with Crippen LogP contribution >= 0.6 is 22.9 Å². The molecule has 0 aliphatic heterocycles. The number of hydrogen-bond acceptors (Lipinski definition) is 2. The Morgan fingerprint density at radius 1 is 1.18 bits per heavy atom. The molecule has 0 radical (unpaired) electrons. The van der Waals surface area contributed by atoms with Crippen molar-refractivity contribution in [3.63, 3.8) is 0 Å². The Kier molecular flexibility index (Phi) is 3.42. The molecule has 0 aliphatic rings. The highest BCUT2D eigenvalue weighted by atomic mass is 35.5. The third-order valence-corrected chi connectivity index (χ3v) is 3.72. The van der Waals surface area contributed by atoms with Gasteiger partial charge < -0.3 is 5.73 Å². The maximum atomic E-state index is 13.5. The van der Waals surface area contributed by atoms with Gasteiger partial charge in [0.2, 0.25) is 0 Å². The molecule has 2 N–H and O–H groups in total. The van der Waals surface area contributed by atoms with Crippen molar-refractivity contribution in [1.29, 1.82) is 0 Å². The predicted octanol–water partition coefficient (Wildman–Crippen LogP) is 3.87. The number of hydrogen-bond donors (Lipinski definition) is 1. The van der Waals surface area contributed by atoms with Gasteiger partial charge in [0, 0.05) is 22.6 Å². The predicted molar refractivity (Wildman–Crippen MR) is 61.7 cm³/mol. The SMILES string of the molecule is NC(c1sccc1Cl)c1c(F)cc(F)cc1F. The minimum absolute atomic E-state index is 0.339. The average Bonchev–Trinajstić information content (AvgIpc) is 2.62. The van der Waals surface area contributed by atoms with E-state index in [0.717, 1.165) is 0 Å². The number of rotatable bonds is 2. The van der Waals surface area contributed by atoms with Crippen molar-refractivity contribution in [3.8, 4) is 0 Å². The van der Waals surface area contributed by atoms with Gasteiger partial charge in [0.25, 0.3) is 0 Å². The lowest BCUT2D eigenvalue weighted by molar-refractivity contribution is 0.516. The van der Waals surface area contributed by atoms with Crippen molar-refractivity contribution >= 4 is 22.9 Å². The molecule has 1 atom stereocenters. The molecule has 1 heterocycles. The Morgan fingerprint density at radius 2 is 1.76 bits per heavy atom. The van der Waals surface area contributed by atoms with E-state index in [1.807, 2.05) is 0 Å². The summed E-state index contributed by atoms with van der Waals surface area (Å²) < 4.78 is 39.7. The molecule has 1 aromatic carbocycles. The molecule has 0 saturated carbocycles. The number of nitrogens with two attached hydrogens (primary N) is 1. The summed E-state index contributed by atoms with van der Waals surface area (Å²) in [7, 11) is 0. The van der Waals surface area contributed by atoms with E-state index >= 15 is 0 Å². The summed E-state index contributed by atoms with van der Waals surface area (Å²) in [5.74, 6) is -3.01. The fraction of sp³-hybridized carbons (Fsp3) is 0.0909.